The zero-order chi connectivity index (χ0) is 19.9. The number of aromatic nitrogens is 2. The van der Waals surface area contributed by atoms with E-state index < -0.39 is 0 Å². The molecule has 4 rings (SSSR count). The molecular formula is C25H18N2O2. The lowest BCUT2D eigenvalue weighted by Gasteiger charge is -2.05. The van der Waals surface area contributed by atoms with Crippen molar-refractivity contribution in [1.82, 2.24) is 9.97 Å². The van der Waals surface area contributed by atoms with Crippen molar-refractivity contribution in [1.29, 1.82) is 0 Å². The predicted octanol–water partition coefficient (Wildman–Crippen LogP) is 5.72. The van der Waals surface area contributed by atoms with Gasteiger partial charge in [-0.1, -0.05) is 66.7 Å². The molecule has 0 saturated carbocycles. The van der Waals surface area contributed by atoms with Gasteiger partial charge in [-0.15, -0.1) is 0 Å². The standard InChI is InChI=1S/C25H18N2O2/c28-21(14-10-19-6-2-1-3-7-19)15-11-20-12-16-22(17-13-20)29-25-18-26-23-8-4-5-9-24(23)27-25/h1-18H. The van der Waals surface area contributed by atoms with Crippen LogP contribution in [0.4, 0.5) is 0 Å². The van der Waals surface area contributed by atoms with Gasteiger partial charge in [0.25, 0.3) is 0 Å². The minimum atomic E-state index is -0.0689. The minimum absolute atomic E-state index is 0.0689. The fourth-order valence-corrected chi connectivity index (χ4v) is 2.73. The molecule has 0 saturated heterocycles. The lowest BCUT2D eigenvalue weighted by atomic mass is 10.1. The summed E-state index contributed by atoms with van der Waals surface area (Å²) in [6.45, 7) is 0. The van der Waals surface area contributed by atoms with Crippen molar-refractivity contribution in [2.75, 3.05) is 0 Å². The average molecular weight is 378 g/mol. The Morgan fingerprint density at radius 1 is 0.724 bits per heavy atom. The number of benzene rings is 3. The molecule has 0 amide bonds. The van der Waals surface area contributed by atoms with E-state index in [1.807, 2.05) is 78.9 Å². The molecule has 0 aliphatic heterocycles. The lowest BCUT2D eigenvalue weighted by Crippen LogP contribution is -1.90. The molecule has 4 heteroatoms. The number of rotatable bonds is 6. The van der Waals surface area contributed by atoms with Crippen LogP contribution >= 0.6 is 0 Å². The Labute approximate surface area is 168 Å². The summed E-state index contributed by atoms with van der Waals surface area (Å²) in [6, 6.07) is 24.8. The van der Waals surface area contributed by atoms with E-state index in [4.69, 9.17) is 4.74 Å². The van der Waals surface area contributed by atoms with Crippen LogP contribution in [-0.4, -0.2) is 15.8 Å². The molecule has 4 aromatic rings. The highest BCUT2D eigenvalue weighted by molar-refractivity contribution is 6.04. The third kappa shape index (κ3) is 5.02. The molecular weight excluding hydrogens is 360 g/mol. The number of para-hydroxylation sites is 2. The van der Waals surface area contributed by atoms with Crippen LogP contribution < -0.4 is 4.74 Å². The summed E-state index contributed by atoms with van der Waals surface area (Å²) in [6.07, 6.45) is 8.28. The van der Waals surface area contributed by atoms with Crippen LogP contribution in [0.15, 0.2) is 97.2 Å². The Balaban J connectivity index is 1.38. The molecule has 0 radical (unpaired) electrons. The Kier molecular flexibility index (Phi) is 5.53. The van der Waals surface area contributed by atoms with E-state index in [0.717, 1.165) is 22.2 Å². The third-order valence-electron chi connectivity index (χ3n) is 4.21. The molecule has 0 atom stereocenters. The van der Waals surface area contributed by atoms with E-state index in [0.29, 0.717) is 11.6 Å². The number of nitrogens with zero attached hydrogens (tertiary/aromatic N) is 2. The van der Waals surface area contributed by atoms with Gasteiger partial charge in [-0.25, -0.2) is 9.97 Å². The lowest BCUT2D eigenvalue weighted by molar-refractivity contribution is -0.110. The second-order valence-electron chi connectivity index (χ2n) is 6.35. The summed E-state index contributed by atoms with van der Waals surface area (Å²) in [7, 11) is 0. The molecule has 0 bridgehead atoms. The van der Waals surface area contributed by atoms with Gasteiger partial charge in [0, 0.05) is 0 Å². The van der Waals surface area contributed by atoms with Gasteiger partial charge < -0.3 is 4.74 Å². The summed E-state index contributed by atoms with van der Waals surface area (Å²) < 4.78 is 5.78. The Bertz CT molecular complexity index is 1180. The maximum absolute atomic E-state index is 12.0. The van der Waals surface area contributed by atoms with Crippen LogP contribution in [0.1, 0.15) is 11.1 Å². The van der Waals surface area contributed by atoms with Crippen molar-refractivity contribution in [2.45, 2.75) is 0 Å². The number of ether oxygens (including phenoxy) is 1. The molecule has 1 heterocycles. The number of fused-ring (bicyclic) bond motifs is 1. The van der Waals surface area contributed by atoms with Gasteiger partial charge in [0.05, 0.1) is 17.2 Å². The minimum Gasteiger partial charge on any atom is -0.437 e. The van der Waals surface area contributed by atoms with Gasteiger partial charge in [0.1, 0.15) is 5.75 Å². The maximum Gasteiger partial charge on any atom is 0.238 e. The van der Waals surface area contributed by atoms with Gasteiger partial charge in [-0.3, -0.25) is 4.79 Å². The molecule has 29 heavy (non-hydrogen) atoms. The SMILES string of the molecule is O=C(C=Cc1ccccc1)C=Cc1ccc(Oc2cnc3ccccc3n2)cc1. The van der Waals surface area contributed by atoms with Crippen LogP contribution in [-0.2, 0) is 4.79 Å². The summed E-state index contributed by atoms with van der Waals surface area (Å²) in [5, 5.41) is 0. The molecule has 0 aliphatic carbocycles. The Morgan fingerprint density at radius 2 is 1.34 bits per heavy atom. The van der Waals surface area contributed by atoms with E-state index in [1.54, 1.807) is 30.5 Å². The second-order valence-corrected chi connectivity index (χ2v) is 6.35. The highest BCUT2D eigenvalue weighted by Crippen LogP contribution is 2.21. The van der Waals surface area contributed by atoms with Gasteiger partial charge in [0.2, 0.25) is 5.88 Å². The van der Waals surface area contributed by atoms with Crippen molar-refractivity contribution in [3.63, 3.8) is 0 Å². The van der Waals surface area contributed by atoms with Crippen molar-refractivity contribution in [3.05, 3.63) is 108 Å². The first-order valence-corrected chi connectivity index (χ1v) is 9.21. The molecule has 4 nitrogen and oxygen atoms in total. The van der Waals surface area contributed by atoms with E-state index in [2.05, 4.69) is 9.97 Å². The smallest absolute Gasteiger partial charge is 0.238 e. The highest BCUT2D eigenvalue weighted by Gasteiger charge is 2.02. The quantitative estimate of drug-likeness (QED) is 0.403. The first kappa shape index (κ1) is 18.3. The number of hydrogen-bond donors (Lipinski definition) is 0. The third-order valence-corrected chi connectivity index (χ3v) is 4.21. The molecule has 0 aliphatic rings. The highest BCUT2D eigenvalue weighted by atomic mass is 16.5. The largest absolute Gasteiger partial charge is 0.437 e. The number of carbonyl (C=O) groups is 1. The van der Waals surface area contributed by atoms with E-state index in [-0.39, 0.29) is 5.78 Å². The number of allylic oxidation sites excluding steroid dienone is 2. The summed E-state index contributed by atoms with van der Waals surface area (Å²) >= 11 is 0. The normalized spacial score (nSPS) is 11.3. The first-order valence-electron chi connectivity index (χ1n) is 9.21. The predicted molar refractivity (Wildman–Crippen MR) is 116 cm³/mol. The summed E-state index contributed by atoms with van der Waals surface area (Å²) in [5.41, 5.74) is 3.51. The van der Waals surface area contributed by atoms with Crippen LogP contribution in [0.5, 0.6) is 11.6 Å². The monoisotopic (exact) mass is 378 g/mol. The molecule has 0 fully saturated rings. The molecule has 0 spiro atoms. The number of carbonyl (C=O) groups excluding carboxylic acids is 1. The average Bonchev–Trinajstić information content (AvgIpc) is 2.78. The summed E-state index contributed by atoms with van der Waals surface area (Å²) in [4.78, 5) is 20.8. The van der Waals surface area contributed by atoms with Crippen molar-refractivity contribution < 1.29 is 9.53 Å². The van der Waals surface area contributed by atoms with Crippen molar-refractivity contribution >= 4 is 29.0 Å². The van der Waals surface area contributed by atoms with Gasteiger partial charge in [-0.2, -0.15) is 0 Å². The zero-order valence-corrected chi connectivity index (χ0v) is 15.6. The first-order chi connectivity index (χ1) is 14.3. The number of hydrogen-bond acceptors (Lipinski definition) is 4. The molecule has 3 aromatic carbocycles. The number of ketones is 1. The van der Waals surface area contributed by atoms with E-state index in [9.17, 15) is 4.79 Å². The Morgan fingerprint density at radius 3 is 2.07 bits per heavy atom. The maximum atomic E-state index is 12.0. The topological polar surface area (TPSA) is 52.1 Å². The van der Waals surface area contributed by atoms with Crippen LogP contribution in [0.2, 0.25) is 0 Å². The molecule has 0 N–H and O–H groups in total. The fourth-order valence-electron chi connectivity index (χ4n) is 2.73. The van der Waals surface area contributed by atoms with E-state index >= 15 is 0 Å². The van der Waals surface area contributed by atoms with Crippen LogP contribution in [0.25, 0.3) is 23.2 Å². The molecule has 140 valence electrons. The van der Waals surface area contributed by atoms with E-state index in [1.165, 1.54) is 0 Å². The zero-order valence-electron chi connectivity index (χ0n) is 15.6. The Hall–Kier alpha value is -4.05. The van der Waals surface area contributed by atoms with Crippen LogP contribution in [0.3, 0.4) is 0 Å². The van der Waals surface area contributed by atoms with Gasteiger partial charge in [0.15, 0.2) is 5.78 Å². The summed E-state index contributed by atoms with van der Waals surface area (Å²) in [5.74, 6) is 1.02. The second kappa shape index (κ2) is 8.76. The van der Waals surface area contributed by atoms with Crippen LogP contribution in [0, 0.1) is 0 Å². The van der Waals surface area contributed by atoms with Gasteiger partial charge in [-0.05, 0) is 47.5 Å². The van der Waals surface area contributed by atoms with Crippen molar-refractivity contribution in [2.24, 2.45) is 0 Å². The van der Waals surface area contributed by atoms with Crippen molar-refractivity contribution in [3.8, 4) is 11.6 Å². The fraction of sp³-hybridized carbons (Fsp3) is 0. The molecule has 1 aromatic heterocycles. The van der Waals surface area contributed by atoms with Gasteiger partial charge >= 0.3 is 0 Å². The molecule has 0 unspecified atom stereocenters.